The molecule has 0 saturated heterocycles. The van der Waals surface area contributed by atoms with E-state index in [9.17, 15) is 13.2 Å². The molecule has 0 bridgehead atoms. The second-order valence-corrected chi connectivity index (χ2v) is 7.43. The normalized spacial score (nSPS) is 12.7. The Morgan fingerprint density at radius 3 is 2.35 bits per heavy atom. The van der Waals surface area contributed by atoms with Crippen molar-refractivity contribution < 1.29 is 17.6 Å². The van der Waals surface area contributed by atoms with Crippen molar-refractivity contribution in [1.29, 1.82) is 0 Å². The predicted molar refractivity (Wildman–Crippen MR) is 86.8 cm³/mol. The number of aryl methyl sites for hydroxylation is 1. The quantitative estimate of drug-likeness (QED) is 0.878. The molecule has 1 aromatic heterocycles. The maximum absolute atomic E-state index is 11.9. The van der Waals surface area contributed by atoms with E-state index >= 15 is 0 Å². The third-order valence-corrected chi connectivity index (χ3v) is 4.47. The Kier molecular flexibility index (Phi) is 5.10. The van der Waals surface area contributed by atoms with Crippen LogP contribution in [-0.2, 0) is 16.4 Å². The number of rotatable bonds is 5. The molecule has 6 nitrogen and oxygen atoms in total. The third kappa shape index (κ3) is 4.85. The molecule has 2 rings (SSSR count). The van der Waals surface area contributed by atoms with Crippen molar-refractivity contribution in [2.24, 2.45) is 0 Å². The average molecular weight is 336 g/mol. The van der Waals surface area contributed by atoms with Crippen LogP contribution in [0.4, 0.5) is 4.79 Å². The predicted octanol–water partition coefficient (Wildman–Crippen LogP) is 2.55. The zero-order valence-electron chi connectivity index (χ0n) is 13.3. The summed E-state index contributed by atoms with van der Waals surface area (Å²) in [6, 6.07) is 9.51. The van der Waals surface area contributed by atoms with Crippen LogP contribution in [0.3, 0.4) is 0 Å². The number of nitrogens with one attached hydrogen (secondary N) is 2. The highest BCUT2D eigenvalue weighted by Gasteiger charge is 2.12. The maximum Gasteiger partial charge on any atom is 0.315 e. The number of sulfone groups is 1. The molecule has 0 aliphatic rings. The van der Waals surface area contributed by atoms with Gasteiger partial charge in [-0.15, -0.1) is 0 Å². The second-order valence-electron chi connectivity index (χ2n) is 5.41. The third-order valence-electron chi connectivity index (χ3n) is 3.34. The van der Waals surface area contributed by atoms with E-state index in [1.807, 2.05) is 26.0 Å². The van der Waals surface area contributed by atoms with Gasteiger partial charge >= 0.3 is 6.03 Å². The maximum atomic E-state index is 11.9. The summed E-state index contributed by atoms with van der Waals surface area (Å²) in [5.41, 5.74) is 0.814. The second kappa shape index (κ2) is 6.87. The van der Waals surface area contributed by atoms with Gasteiger partial charge in [-0.1, -0.05) is 12.1 Å². The summed E-state index contributed by atoms with van der Waals surface area (Å²) in [4.78, 5) is 12.1. The summed E-state index contributed by atoms with van der Waals surface area (Å²) in [7, 11) is -3.21. The summed E-state index contributed by atoms with van der Waals surface area (Å²) in [5, 5.41) is 5.50. The van der Waals surface area contributed by atoms with Crippen molar-refractivity contribution in [3.05, 3.63) is 53.5 Å². The topological polar surface area (TPSA) is 88.4 Å². The van der Waals surface area contributed by atoms with Crippen LogP contribution < -0.4 is 10.6 Å². The molecule has 0 spiro atoms. The van der Waals surface area contributed by atoms with Gasteiger partial charge in [0.1, 0.15) is 11.5 Å². The van der Waals surface area contributed by atoms with Gasteiger partial charge in [-0.2, -0.15) is 0 Å². The van der Waals surface area contributed by atoms with E-state index in [0.29, 0.717) is 12.3 Å². The lowest BCUT2D eigenvalue weighted by Gasteiger charge is -2.12. The molecule has 2 aromatic rings. The molecule has 0 saturated carbocycles. The van der Waals surface area contributed by atoms with Crippen LogP contribution in [0.5, 0.6) is 0 Å². The molecule has 1 aromatic carbocycles. The standard InChI is InChI=1S/C16H20N2O4S/c1-11-4-9-15(22-11)12(2)18-16(19)17-10-13-5-7-14(8-6-13)23(3,20)21/h4-9,12H,10H2,1-3H3,(H2,17,18,19)/t12-/m0/s1. The van der Waals surface area contributed by atoms with Gasteiger partial charge in [0.05, 0.1) is 10.9 Å². The molecule has 2 amide bonds. The monoisotopic (exact) mass is 336 g/mol. The SMILES string of the molecule is Cc1ccc([C@H](C)NC(=O)NCc2ccc(S(C)(=O)=O)cc2)o1. The van der Waals surface area contributed by atoms with Crippen molar-refractivity contribution in [2.75, 3.05) is 6.26 Å². The molecule has 0 fully saturated rings. The summed E-state index contributed by atoms with van der Waals surface area (Å²) >= 11 is 0. The molecular weight excluding hydrogens is 316 g/mol. The molecule has 0 aliphatic carbocycles. The Morgan fingerprint density at radius 2 is 1.83 bits per heavy atom. The first-order valence-corrected chi connectivity index (χ1v) is 9.04. The van der Waals surface area contributed by atoms with Crippen molar-refractivity contribution in [3.63, 3.8) is 0 Å². The Morgan fingerprint density at radius 1 is 1.17 bits per heavy atom. The van der Waals surface area contributed by atoms with E-state index in [1.54, 1.807) is 12.1 Å². The van der Waals surface area contributed by atoms with E-state index in [-0.39, 0.29) is 17.0 Å². The van der Waals surface area contributed by atoms with Gasteiger partial charge < -0.3 is 15.1 Å². The number of urea groups is 1. The summed E-state index contributed by atoms with van der Waals surface area (Å²) in [6.45, 7) is 3.98. The van der Waals surface area contributed by atoms with Gasteiger partial charge in [-0.05, 0) is 43.7 Å². The van der Waals surface area contributed by atoms with Gasteiger partial charge in [-0.3, -0.25) is 0 Å². The van der Waals surface area contributed by atoms with E-state index in [1.165, 1.54) is 12.1 Å². The number of carbonyl (C=O) groups is 1. The molecular formula is C16H20N2O4S. The minimum absolute atomic E-state index is 0.240. The van der Waals surface area contributed by atoms with Crippen LogP contribution in [0.1, 0.15) is 30.0 Å². The smallest absolute Gasteiger partial charge is 0.315 e. The Labute approximate surface area is 135 Å². The van der Waals surface area contributed by atoms with Crippen LogP contribution in [0.25, 0.3) is 0 Å². The highest BCUT2D eigenvalue weighted by atomic mass is 32.2. The van der Waals surface area contributed by atoms with Gasteiger partial charge in [0.25, 0.3) is 0 Å². The van der Waals surface area contributed by atoms with Gasteiger partial charge in [0.2, 0.25) is 0 Å². The first-order valence-electron chi connectivity index (χ1n) is 7.15. The number of furan rings is 1. The minimum atomic E-state index is -3.21. The van der Waals surface area contributed by atoms with E-state index in [4.69, 9.17) is 4.42 Å². The van der Waals surface area contributed by atoms with Crippen molar-refractivity contribution in [1.82, 2.24) is 10.6 Å². The highest BCUT2D eigenvalue weighted by molar-refractivity contribution is 7.90. The summed E-state index contributed by atoms with van der Waals surface area (Å²) < 4.78 is 28.2. The largest absolute Gasteiger partial charge is 0.464 e. The van der Waals surface area contributed by atoms with Crippen LogP contribution in [0, 0.1) is 6.92 Å². The first kappa shape index (κ1) is 17.1. The highest BCUT2D eigenvalue weighted by Crippen LogP contribution is 2.15. The number of hydrogen-bond acceptors (Lipinski definition) is 4. The van der Waals surface area contributed by atoms with Crippen molar-refractivity contribution in [2.45, 2.75) is 31.3 Å². The number of amides is 2. The van der Waals surface area contributed by atoms with Crippen LogP contribution in [0.15, 0.2) is 45.7 Å². The fourth-order valence-electron chi connectivity index (χ4n) is 2.04. The molecule has 1 atom stereocenters. The Hall–Kier alpha value is -2.28. The summed E-state index contributed by atoms with van der Waals surface area (Å²) in [6.07, 6.45) is 1.16. The fraction of sp³-hybridized carbons (Fsp3) is 0.312. The van der Waals surface area contributed by atoms with Crippen molar-refractivity contribution >= 4 is 15.9 Å². The fourth-order valence-corrected chi connectivity index (χ4v) is 2.67. The van der Waals surface area contributed by atoms with Crippen LogP contribution in [-0.4, -0.2) is 20.7 Å². The summed E-state index contributed by atoms with van der Waals surface area (Å²) in [5.74, 6) is 1.48. The average Bonchev–Trinajstić information content (AvgIpc) is 2.91. The van der Waals surface area contributed by atoms with Crippen molar-refractivity contribution in [3.8, 4) is 0 Å². The molecule has 0 radical (unpaired) electrons. The Balaban J connectivity index is 1.87. The van der Waals surface area contributed by atoms with Gasteiger partial charge in [0.15, 0.2) is 9.84 Å². The lowest BCUT2D eigenvalue weighted by molar-refractivity contribution is 0.235. The van der Waals surface area contributed by atoms with Crippen LogP contribution >= 0.6 is 0 Å². The first-order chi connectivity index (χ1) is 10.8. The number of hydrogen-bond donors (Lipinski definition) is 2. The number of benzene rings is 1. The van der Waals surface area contributed by atoms with E-state index in [2.05, 4.69) is 10.6 Å². The molecule has 1 heterocycles. The molecule has 0 aliphatic heterocycles. The lowest BCUT2D eigenvalue weighted by Crippen LogP contribution is -2.36. The molecule has 2 N–H and O–H groups in total. The zero-order valence-corrected chi connectivity index (χ0v) is 14.1. The Bertz CT molecular complexity index is 779. The molecule has 124 valence electrons. The lowest BCUT2D eigenvalue weighted by atomic mass is 10.2. The van der Waals surface area contributed by atoms with Gasteiger partial charge in [0, 0.05) is 12.8 Å². The minimum Gasteiger partial charge on any atom is -0.464 e. The van der Waals surface area contributed by atoms with E-state index in [0.717, 1.165) is 17.6 Å². The van der Waals surface area contributed by atoms with Gasteiger partial charge in [-0.25, -0.2) is 13.2 Å². The van der Waals surface area contributed by atoms with Crippen LogP contribution in [0.2, 0.25) is 0 Å². The molecule has 0 unspecified atom stereocenters. The zero-order chi connectivity index (χ0) is 17.0. The van der Waals surface area contributed by atoms with E-state index < -0.39 is 9.84 Å². The molecule has 7 heteroatoms. The number of carbonyl (C=O) groups excluding carboxylic acids is 1. The molecule has 23 heavy (non-hydrogen) atoms.